The molecule has 11 nitrogen and oxygen atoms in total. The molecular weight excluding hydrogens is 427 g/mol. The van der Waals surface area contributed by atoms with E-state index < -0.39 is 6.03 Å². The molecule has 2 rings (SSSR count). The Labute approximate surface area is 149 Å². The Kier molecular flexibility index (Phi) is 5.65. The quantitative estimate of drug-likeness (QED) is 0.254. The lowest BCUT2D eigenvalue weighted by Gasteiger charge is -2.10. The summed E-state index contributed by atoms with van der Waals surface area (Å²) in [4.78, 5) is 28.1. The Morgan fingerprint density at radius 3 is 2.83 bits per heavy atom. The molecule has 1 aromatic heterocycles. The molecule has 0 aliphatic rings. The molecule has 0 saturated heterocycles. The minimum atomic E-state index is -0.419. The van der Waals surface area contributed by atoms with Crippen molar-refractivity contribution in [2.45, 2.75) is 6.54 Å². The van der Waals surface area contributed by atoms with E-state index in [-0.39, 0.29) is 18.3 Å². The van der Waals surface area contributed by atoms with Crippen LogP contribution >= 0.6 is 22.6 Å². The molecule has 0 saturated carbocycles. The summed E-state index contributed by atoms with van der Waals surface area (Å²) in [7, 11) is 3.14. The second kappa shape index (κ2) is 7.70. The van der Waals surface area contributed by atoms with Gasteiger partial charge in [0.2, 0.25) is 0 Å². The van der Waals surface area contributed by atoms with Gasteiger partial charge >= 0.3 is 6.03 Å². The van der Waals surface area contributed by atoms with E-state index in [0.717, 1.165) is 4.68 Å². The summed E-state index contributed by atoms with van der Waals surface area (Å²) >= 11 is 1.97. The third kappa shape index (κ3) is 3.97. The highest BCUT2D eigenvalue weighted by Gasteiger charge is 2.16. The van der Waals surface area contributed by atoms with Crippen molar-refractivity contribution in [2.24, 2.45) is 5.11 Å². The van der Waals surface area contributed by atoms with Crippen LogP contribution < -0.4 is 5.32 Å². The molecule has 0 aliphatic carbocycles. The van der Waals surface area contributed by atoms with Crippen LogP contribution in [0.15, 0.2) is 23.3 Å². The number of halogens is 1. The van der Waals surface area contributed by atoms with E-state index in [1.165, 1.54) is 11.0 Å². The SMILES string of the molecule is CN(C)C(=O)n1nnnc1CNC(=O)c1ccc(N=[N+]=[N-])c([125I])c1. The van der Waals surface area contributed by atoms with Gasteiger partial charge in [0.05, 0.1) is 12.2 Å². The van der Waals surface area contributed by atoms with Crippen molar-refractivity contribution in [1.82, 2.24) is 30.4 Å². The predicted octanol–water partition coefficient (Wildman–Crippen LogP) is 1.68. The van der Waals surface area contributed by atoms with E-state index >= 15 is 0 Å². The predicted molar refractivity (Wildman–Crippen MR) is 91.4 cm³/mol. The first kappa shape index (κ1) is 17.6. The van der Waals surface area contributed by atoms with Crippen LogP contribution in [-0.4, -0.2) is 51.1 Å². The summed E-state index contributed by atoms with van der Waals surface area (Å²) in [6.45, 7) is -0.0138. The van der Waals surface area contributed by atoms with Crippen LogP contribution in [0.2, 0.25) is 0 Å². The fourth-order valence-electron chi connectivity index (χ4n) is 1.69. The number of rotatable bonds is 4. The molecule has 1 N–H and O–H groups in total. The normalized spacial score (nSPS) is 9.96. The van der Waals surface area contributed by atoms with E-state index in [2.05, 4.69) is 30.9 Å². The van der Waals surface area contributed by atoms with Crippen molar-refractivity contribution in [1.29, 1.82) is 0 Å². The number of nitrogens with zero attached hydrogens (tertiary/aromatic N) is 8. The zero-order valence-electron chi connectivity index (χ0n) is 12.7. The lowest BCUT2D eigenvalue weighted by molar-refractivity contribution is 0.0949. The molecule has 12 heteroatoms. The molecule has 2 aromatic rings. The number of carbonyl (C=O) groups excluding carboxylic acids is 2. The van der Waals surface area contributed by atoms with Gasteiger partial charge in [0.25, 0.3) is 5.91 Å². The van der Waals surface area contributed by atoms with Crippen molar-refractivity contribution in [3.63, 3.8) is 0 Å². The first-order chi connectivity index (χ1) is 11.4. The molecule has 0 unspecified atom stereocenters. The van der Waals surface area contributed by atoms with Crippen LogP contribution in [0.4, 0.5) is 10.5 Å². The Morgan fingerprint density at radius 1 is 1.46 bits per heavy atom. The minimum absolute atomic E-state index is 0.0138. The van der Waals surface area contributed by atoms with Crippen molar-refractivity contribution in [3.05, 3.63) is 43.6 Å². The van der Waals surface area contributed by atoms with Gasteiger partial charge in [-0.15, -0.1) is 9.78 Å². The van der Waals surface area contributed by atoms with Crippen LogP contribution in [0.1, 0.15) is 16.2 Å². The summed E-state index contributed by atoms with van der Waals surface area (Å²) in [6, 6.07) is 4.26. The van der Waals surface area contributed by atoms with Crippen LogP contribution in [0.25, 0.3) is 10.4 Å². The second-order valence-corrected chi connectivity index (χ2v) is 5.88. The number of carbonyl (C=O) groups is 2. The Bertz CT molecular complexity index is 826. The van der Waals surface area contributed by atoms with Crippen molar-refractivity contribution >= 4 is 40.2 Å². The molecule has 0 atom stereocenters. The molecule has 1 aromatic carbocycles. The number of benzene rings is 1. The van der Waals surface area contributed by atoms with Gasteiger partial charge in [-0.1, -0.05) is 11.2 Å². The molecule has 24 heavy (non-hydrogen) atoms. The highest BCUT2D eigenvalue weighted by molar-refractivity contribution is 14.1. The number of hydrogen-bond acceptors (Lipinski definition) is 6. The average molecular weight is 439 g/mol. The van der Waals surface area contributed by atoms with E-state index in [0.29, 0.717) is 14.8 Å². The van der Waals surface area contributed by atoms with E-state index in [1.807, 2.05) is 22.6 Å². The maximum Gasteiger partial charge on any atom is 0.347 e. The molecule has 124 valence electrons. The standard InChI is InChI=1S/C12H12IN9O2/c1-21(2)12(24)22-10(17-19-20-22)6-15-11(23)7-3-4-9(16-18-14)8(13)5-7/h3-5H,6H2,1-2H3,(H,15,23)/i13-2. The smallest absolute Gasteiger partial charge is 0.345 e. The topological polar surface area (TPSA) is 142 Å². The summed E-state index contributed by atoms with van der Waals surface area (Å²) in [5.74, 6) is -0.158. The van der Waals surface area contributed by atoms with Crippen molar-refractivity contribution < 1.29 is 9.59 Å². The Morgan fingerprint density at radius 2 is 2.21 bits per heavy atom. The molecule has 0 spiro atoms. The van der Waals surface area contributed by atoms with E-state index in [4.69, 9.17) is 5.53 Å². The monoisotopic (exact) mass is 439 g/mol. The summed E-state index contributed by atoms with van der Waals surface area (Å²) < 4.78 is 1.65. The number of amides is 2. The van der Waals surface area contributed by atoms with Gasteiger partial charge in [-0.3, -0.25) is 4.79 Å². The van der Waals surface area contributed by atoms with E-state index in [9.17, 15) is 9.59 Å². The molecular formula is C12H12IN9O2. The van der Waals surface area contributed by atoms with Gasteiger partial charge in [-0.25, -0.2) is 4.79 Å². The molecule has 0 radical (unpaired) electrons. The summed E-state index contributed by atoms with van der Waals surface area (Å²) in [6.07, 6.45) is 0. The zero-order chi connectivity index (χ0) is 17.7. The van der Waals surface area contributed by atoms with Crippen molar-refractivity contribution in [2.75, 3.05) is 14.1 Å². The zero-order valence-corrected chi connectivity index (χ0v) is 14.9. The number of azide groups is 1. The third-order valence-electron chi connectivity index (χ3n) is 2.87. The average Bonchev–Trinajstić information content (AvgIpc) is 3.02. The highest BCUT2D eigenvalue weighted by Crippen LogP contribution is 2.22. The van der Waals surface area contributed by atoms with Crippen LogP contribution in [0.3, 0.4) is 0 Å². The number of tetrazole rings is 1. The van der Waals surface area contributed by atoms with Gasteiger partial charge in [-0.2, -0.15) is 0 Å². The van der Waals surface area contributed by atoms with Gasteiger partial charge in [-0.05, 0) is 50.7 Å². The summed E-state index contributed by atoms with van der Waals surface area (Å²) in [5, 5.41) is 16.9. The lowest BCUT2D eigenvalue weighted by atomic mass is 10.2. The number of aromatic nitrogens is 4. The van der Waals surface area contributed by atoms with Gasteiger partial charge < -0.3 is 10.2 Å². The fourth-order valence-corrected chi connectivity index (χ4v) is 2.32. The summed E-state index contributed by atoms with van der Waals surface area (Å²) in [5.41, 5.74) is 9.27. The number of hydrogen-bond donors (Lipinski definition) is 1. The lowest BCUT2D eigenvalue weighted by Crippen LogP contribution is -2.32. The molecule has 0 fully saturated rings. The molecule has 0 bridgehead atoms. The van der Waals surface area contributed by atoms with Gasteiger partial charge in [0.1, 0.15) is 0 Å². The minimum Gasteiger partial charge on any atom is -0.345 e. The maximum atomic E-state index is 12.2. The van der Waals surface area contributed by atoms with E-state index in [1.54, 1.807) is 26.2 Å². The Balaban J connectivity index is 2.09. The van der Waals surface area contributed by atoms with Gasteiger partial charge in [0.15, 0.2) is 5.82 Å². The van der Waals surface area contributed by atoms with Crippen LogP contribution in [-0.2, 0) is 6.54 Å². The van der Waals surface area contributed by atoms with Crippen LogP contribution in [0, 0.1) is 3.57 Å². The number of nitrogens with one attached hydrogen (secondary N) is 1. The van der Waals surface area contributed by atoms with Crippen molar-refractivity contribution in [3.8, 4) is 0 Å². The molecule has 0 aliphatic heterocycles. The Hall–Kier alpha value is -2.73. The van der Waals surface area contributed by atoms with Gasteiger partial charge in [0, 0.05) is 28.1 Å². The molecule has 1 heterocycles. The third-order valence-corrected chi connectivity index (χ3v) is 3.73. The molecule has 2 amide bonds. The second-order valence-electron chi connectivity index (χ2n) is 4.72. The highest BCUT2D eigenvalue weighted by atomic mass is 125. The fraction of sp³-hybridized carbons (Fsp3) is 0.250. The first-order valence-corrected chi connectivity index (χ1v) is 7.63. The largest absolute Gasteiger partial charge is 0.347 e. The maximum absolute atomic E-state index is 12.2. The van der Waals surface area contributed by atoms with Crippen LogP contribution in [0.5, 0.6) is 0 Å². The first-order valence-electron chi connectivity index (χ1n) is 6.55.